The average molecular weight is 519 g/mol. The number of hydrogen-bond donors (Lipinski definition) is 1. The molecule has 3 aromatic rings. The van der Waals surface area contributed by atoms with Crippen molar-refractivity contribution in [3.05, 3.63) is 80.8 Å². The third-order valence-corrected chi connectivity index (χ3v) is 11.1. The Hall–Kier alpha value is -3.17. The fraction of sp³-hybridized carbons (Fsp3) is 0.333. The van der Waals surface area contributed by atoms with Gasteiger partial charge in [0.15, 0.2) is 0 Å². The number of thioether (sulfide) groups is 1. The second-order valence-corrected chi connectivity index (χ2v) is 12.2. The van der Waals surface area contributed by atoms with E-state index in [9.17, 15) is 24.3 Å². The predicted molar refractivity (Wildman–Crippen MR) is 134 cm³/mol. The number of carboxylic acids is 1. The molecule has 0 spiro atoms. The number of carbonyl (C=O) groups excluding carboxylic acids is 2. The van der Waals surface area contributed by atoms with Gasteiger partial charge in [-0.3, -0.25) is 28.6 Å². The number of benzene rings is 2. The lowest BCUT2D eigenvalue weighted by atomic mass is 9.68. The minimum Gasteiger partial charge on any atom is -0.480 e. The van der Waals surface area contributed by atoms with Gasteiger partial charge in [0, 0.05) is 16.0 Å². The Morgan fingerprint density at radius 1 is 0.917 bits per heavy atom. The first kappa shape index (κ1) is 22.1. The summed E-state index contributed by atoms with van der Waals surface area (Å²) in [7, 11) is 0. The molecule has 3 heterocycles. The normalized spacial score (nSPS) is 31.9. The van der Waals surface area contributed by atoms with Gasteiger partial charge < -0.3 is 5.11 Å². The number of imide groups is 1. The van der Waals surface area contributed by atoms with Gasteiger partial charge in [-0.2, -0.15) is 0 Å². The lowest BCUT2D eigenvalue weighted by molar-refractivity contribution is -0.149. The van der Waals surface area contributed by atoms with Crippen LogP contribution in [-0.2, 0) is 14.4 Å². The van der Waals surface area contributed by atoms with Gasteiger partial charge in [0.2, 0.25) is 11.8 Å². The van der Waals surface area contributed by atoms with Crippen LogP contribution in [-0.4, -0.2) is 44.2 Å². The maximum absolute atomic E-state index is 13.3. The summed E-state index contributed by atoms with van der Waals surface area (Å²) >= 11 is 2.95. The van der Waals surface area contributed by atoms with Gasteiger partial charge in [0.25, 0.3) is 0 Å². The summed E-state index contributed by atoms with van der Waals surface area (Å²) in [5, 5.41) is 10.3. The average Bonchev–Trinajstić information content (AvgIpc) is 3.59. The molecule has 7 nitrogen and oxygen atoms in total. The standard InChI is InChI=1S/C27H22N2O5S2/c30-17(31)12-28-24(32)20-15-11-16(21(20)25(28)33)22-19(15)18(13-7-3-1-4-8-13)23-26(35-22)29(27(34)36-23)14-9-5-2-6-10-14/h1-10,15-16,18-22H,11-12H2,(H,30,31)/t15-,16-,18-,19-,20+,21-,22-/m1/s1. The van der Waals surface area contributed by atoms with E-state index in [-0.39, 0.29) is 45.6 Å². The van der Waals surface area contributed by atoms with E-state index in [0.29, 0.717) is 0 Å². The molecule has 4 aliphatic rings. The van der Waals surface area contributed by atoms with E-state index in [1.54, 1.807) is 16.3 Å². The number of carboxylic acid groups (broad SMARTS) is 1. The highest BCUT2D eigenvalue weighted by Crippen LogP contribution is 2.68. The van der Waals surface area contributed by atoms with E-state index < -0.39 is 24.3 Å². The van der Waals surface area contributed by atoms with Crippen LogP contribution in [0.5, 0.6) is 0 Å². The largest absolute Gasteiger partial charge is 0.480 e. The number of nitrogens with zero attached hydrogens (tertiary/aromatic N) is 2. The minimum absolute atomic E-state index is 0.0199. The number of para-hydroxylation sites is 1. The molecule has 2 amide bonds. The topological polar surface area (TPSA) is 96.7 Å². The number of likely N-dealkylation sites (tertiary alicyclic amines) is 1. The van der Waals surface area contributed by atoms with E-state index in [4.69, 9.17) is 0 Å². The van der Waals surface area contributed by atoms with Crippen LogP contribution in [0.15, 0.2) is 70.5 Å². The van der Waals surface area contributed by atoms with E-state index in [1.807, 2.05) is 48.5 Å². The number of hydrogen-bond acceptors (Lipinski definition) is 6. The van der Waals surface area contributed by atoms with Gasteiger partial charge in [0.1, 0.15) is 6.54 Å². The van der Waals surface area contributed by atoms with Gasteiger partial charge >= 0.3 is 10.8 Å². The van der Waals surface area contributed by atoms with Crippen molar-refractivity contribution in [3.8, 4) is 5.69 Å². The molecule has 2 aliphatic carbocycles. The summed E-state index contributed by atoms with van der Waals surface area (Å²) in [5.74, 6) is -2.79. The van der Waals surface area contributed by atoms with Crippen LogP contribution in [0.25, 0.3) is 5.69 Å². The molecule has 2 saturated carbocycles. The van der Waals surface area contributed by atoms with Crippen molar-refractivity contribution in [1.82, 2.24) is 9.47 Å². The highest BCUT2D eigenvalue weighted by molar-refractivity contribution is 8.00. The summed E-state index contributed by atoms with van der Waals surface area (Å²) in [4.78, 5) is 53.2. The van der Waals surface area contributed by atoms with Crippen molar-refractivity contribution in [2.45, 2.75) is 22.6 Å². The molecule has 0 radical (unpaired) electrons. The van der Waals surface area contributed by atoms with Crippen molar-refractivity contribution in [2.24, 2.45) is 29.6 Å². The van der Waals surface area contributed by atoms with Crippen LogP contribution in [0.4, 0.5) is 0 Å². The number of aromatic nitrogens is 1. The Labute approximate surface area is 214 Å². The monoisotopic (exact) mass is 518 g/mol. The van der Waals surface area contributed by atoms with Crippen LogP contribution < -0.4 is 4.87 Å². The smallest absolute Gasteiger partial charge is 0.323 e. The van der Waals surface area contributed by atoms with E-state index in [0.717, 1.165) is 32.5 Å². The zero-order valence-electron chi connectivity index (χ0n) is 19.0. The van der Waals surface area contributed by atoms with Gasteiger partial charge in [-0.1, -0.05) is 59.9 Å². The first-order valence-electron chi connectivity index (χ1n) is 12.1. The van der Waals surface area contributed by atoms with Gasteiger partial charge in [-0.25, -0.2) is 0 Å². The Morgan fingerprint density at radius 3 is 2.22 bits per heavy atom. The molecule has 7 atom stereocenters. The second kappa shape index (κ2) is 7.91. The van der Waals surface area contributed by atoms with Crippen LogP contribution in [0.1, 0.15) is 22.8 Å². The molecule has 0 unspecified atom stereocenters. The maximum atomic E-state index is 13.3. The third-order valence-electron chi connectivity index (χ3n) is 8.43. The lowest BCUT2D eigenvalue weighted by Gasteiger charge is -2.43. The summed E-state index contributed by atoms with van der Waals surface area (Å²) in [6.07, 6.45) is 0.782. The molecule has 2 bridgehead atoms. The van der Waals surface area contributed by atoms with Gasteiger partial charge in [-0.05, 0) is 41.9 Å². The summed E-state index contributed by atoms with van der Waals surface area (Å²) in [5.41, 5.74) is 1.93. The first-order valence-corrected chi connectivity index (χ1v) is 13.7. The van der Waals surface area contributed by atoms with Crippen molar-refractivity contribution in [3.63, 3.8) is 0 Å². The first-order chi connectivity index (χ1) is 17.5. The number of rotatable bonds is 4. The van der Waals surface area contributed by atoms with Crippen LogP contribution in [0, 0.1) is 29.6 Å². The van der Waals surface area contributed by atoms with Crippen LogP contribution >= 0.6 is 23.1 Å². The molecular weight excluding hydrogens is 496 g/mol. The SMILES string of the molecule is O=C(O)CN1C(=O)[C@@H]2[C@H]3C[C@@H]([C@@H]2C1=O)[C@@H]1[C@@H](c2ccccc2)c2sc(=O)n(-c4ccccc4)c2S[C@H]31. The number of amides is 2. The van der Waals surface area contributed by atoms with E-state index >= 15 is 0 Å². The summed E-state index contributed by atoms with van der Waals surface area (Å²) in [6, 6.07) is 19.7. The Morgan fingerprint density at radius 2 is 1.56 bits per heavy atom. The second-order valence-electron chi connectivity index (χ2n) is 10.0. The minimum atomic E-state index is -1.17. The number of carbonyl (C=O) groups is 3. The number of fused-ring (bicyclic) bond motifs is 9. The Kier molecular flexibility index (Phi) is 4.85. The van der Waals surface area contributed by atoms with Gasteiger partial charge in [0.05, 0.1) is 22.5 Å². The molecule has 1 aromatic heterocycles. The molecule has 1 saturated heterocycles. The predicted octanol–water partition coefficient (Wildman–Crippen LogP) is 3.46. The van der Waals surface area contributed by atoms with Crippen molar-refractivity contribution in [2.75, 3.05) is 6.54 Å². The Bertz CT molecular complexity index is 1470. The molecule has 3 fully saturated rings. The molecular formula is C27H22N2O5S2. The fourth-order valence-corrected chi connectivity index (χ4v) is 10.4. The Balaban J connectivity index is 1.38. The zero-order chi connectivity index (χ0) is 24.7. The summed E-state index contributed by atoms with van der Waals surface area (Å²) < 4.78 is 1.79. The molecule has 9 heteroatoms. The van der Waals surface area contributed by atoms with Crippen molar-refractivity contribution in [1.29, 1.82) is 0 Å². The van der Waals surface area contributed by atoms with Crippen LogP contribution in [0.3, 0.4) is 0 Å². The maximum Gasteiger partial charge on any atom is 0.323 e. The molecule has 1 N–H and O–H groups in total. The third kappa shape index (κ3) is 2.93. The van der Waals surface area contributed by atoms with E-state index in [2.05, 4.69) is 12.1 Å². The van der Waals surface area contributed by atoms with E-state index in [1.165, 1.54) is 11.3 Å². The molecule has 2 aliphatic heterocycles. The van der Waals surface area contributed by atoms with Crippen molar-refractivity contribution < 1.29 is 19.5 Å². The summed E-state index contributed by atoms with van der Waals surface area (Å²) in [6.45, 7) is -0.574. The molecule has 2 aromatic carbocycles. The molecule has 7 rings (SSSR count). The van der Waals surface area contributed by atoms with Crippen molar-refractivity contribution >= 4 is 40.9 Å². The molecule has 182 valence electrons. The van der Waals surface area contributed by atoms with Crippen LogP contribution in [0.2, 0.25) is 0 Å². The fourth-order valence-electron chi connectivity index (χ4n) is 7.26. The lowest BCUT2D eigenvalue weighted by Crippen LogP contribution is -2.43. The quantitative estimate of drug-likeness (QED) is 0.532. The van der Waals surface area contributed by atoms with Gasteiger partial charge in [-0.15, -0.1) is 11.8 Å². The zero-order valence-corrected chi connectivity index (χ0v) is 20.7. The highest BCUT2D eigenvalue weighted by Gasteiger charge is 2.69. The number of thiazole rings is 1. The highest BCUT2D eigenvalue weighted by atomic mass is 32.2. The number of aliphatic carboxylic acids is 1. The molecule has 36 heavy (non-hydrogen) atoms.